The molecule has 0 amide bonds. The van der Waals surface area contributed by atoms with Crippen LogP contribution in [0.3, 0.4) is 0 Å². The van der Waals surface area contributed by atoms with Gasteiger partial charge in [-0.1, -0.05) is 12.1 Å². The Kier molecular flexibility index (Phi) is 3.80. The fourth-order valence-electron chi connectivity index (χ4n) is 2.98. The minimum atomic E-state index is -0.255. The second-order valence-corrected chi connectivity index (χ2v) is 6.37. The SMILES string of the molecule is CN(C)c1ccc(CNc2ccc3oc4ccc(F)cc4c3c2)cc1. The lowest BCUT2D eigenvalue weighted by Gasteiger charge is -2.13. The van der Waals surface area contributed by atoms with Crippen molar-refractivity contribution in [3.63, 3.8) is 0 Å². The number of fused-ring (bicyclic) bond motifs is 3. The number of halogens is 1. The molecule has 25 heavy (non-hydrogen) atoms. The van der Waals surface area contributed by atoms with Crippen molar-refractivity contribution in [2.45, 2.75) is 6.54 Å². The molecule has 4 aromatic rings. The van der Waals surface area contributed by atoms with Crippen LogP contribution in [0.1, 0.15) is 5.56 Å². The van der Waals surface area contributed by atoms with Crippen molar-refractivity contribution >= 4 is 33.3 Å². The Morgan fingerprint density at radius 3 is 2.28 bits per heavy atom. The fourth-order valence-corrected chi connectivity index (χ4v) is 2.98. The van der Waals surface area contributed by atoms with Gasteiger partial charge < -0.3 is 14.6 Å². The maximum atomic E-state index is 13.5. The molecule has 0 unspecified atom stereocenters. The number of benzene rings is 3. The first-order chi connectivity index (χ1) is 12.1. The molecule has 1 heterocycles. The van der Waals surface area contributed by atoms with Gasteiger partial charge in [0.2, 0.25) is 0 Å². The standard InChI is InChI=1S/C21H19FN2O/c1-24(2)17-7-3-14(4-8-17)13-23-16-6-10-21-19(12-16)18-11-15(22)5-9-20(18)25-21/h3-12,23H,13H2,1-2H3. The molecule has 0 saturated heterocycles. The molecule has 1 aromatic heterocycles. The molecule has 1 N–H and O–H groups in total. The molecule has 0 spiro atoms. The summed E-state index contributed by atoms with van der Waals surface area (Å²) in [5.41, 5.74) is 4.83. The molecule has 0 atom stereocenters. The summed E-state index contributed by atoms with van der Waals surface area (Å²) in [6, 6.07) is 19.0. The highest BCUT2D eigenvalue weighted by atomic mass is 19.1. The first-order valence-electron chi connectivity index (χ1n) is 8.22. The van der Waals surface area contributed by atoms with Crippen LogP contribution in [0.15, 0.2) is 65.1 Å². The highest BCUT2D eigenvalue weighted by Crippen LogP contribution is 2.31. The Morgan fingerprint density at radius 1 is 0.880 bits per heavy atom. The van der Waals surface area contributed by atoms with Gasteiger partial charge in [-0.2, -0.15) is 0 Å². The van der Waals surface area contributed by atoms with E-state index in [1.165, 1.54) is 23.4 Å². The van der Waals surface area contributed by atoms with Crippen molar-refractivity contribution in [2.75, 3.05) is 24.3 Å². The van der Waals surface area contributed by atoms with E-state index in [1.54, 1.807) is 6.07 Å². The predicted octanol–water partition coefficient (Wildman–Crippen LogP) is 5.40. The molecule has 0 fully saturated rings. The molecule has 0 aliphatic carbocycles. The van der Waals surface area contributed by atoms with E-state index in [2.05, 4.69) is 34.5 Å². The van der Waals surface area contributed by atoms with Crippen LogP contribution in [0.2, 0.25) is 0 Å². The molecule has 126 valence electrons. The predicted molar refractivity (Wildman–Crippen MR) is 102 cm³/mol. The van der Waals surface area contributed by atoms with Crippen molar-refractivity contribution in [1.29, 1.82) is 0 Å². The van der Waals surface area contributed by atoms with Crippen LogP contribution in [0.25, 0.3) is 21.9 Å². The van der Waals surface area contributed by atoms with Crippen LogP contribution in [-0.2, 0) is 6.54 Å². The molecule has 0 bridgehead atoms. The molecule has 0 aliphatic rings. The van der Waals surface area contributed by atoms with E-state index >= 15 is 0 Å². The quantitative estimate of drug-likeness (QED) is 0.541. The number of hydrogen-bond acceptors (Lipinski definition) is 3. The van der Waals surface area contributed by atoms with Crippen molar-refractivity contribution in [3.8, 4) is 0 Å². The first kappa shape index (κ1) is 15.5. The Morgan fingerprint density at radius 2 is 1.56 bits per heavy atom. The first-order valence-corrected chi connectivity index (χ1v) is 8.22. The molecular weight excluding hydrogens is 315 g/mol. The van der Waals surface area contributed by atoms with E-state index in [9.17, 15) is 4.39 Å². The molecule has 3 nitrogen and oxygen atoms in total. The van der Waals surface area contributed by atoms with Gasteiger partial charge in [-0.3, -0.25) is 0 Å². The van der Waals surface area contributed by atoms with Gasteiger partial charge in [-0.15, -0.1) is 0 Å². The fraction of sp³-hybridized carbons (Fsp3) is 0.143. The Labute approximate surface area is 145 Å². The molecule has 4 heteroatoms. The average Bonchev–Trinajstić information content (AvgIpc) is 2.97. The van der Waals surface area contributed by atoms with Crippen LogP contribution in [0.5, 0.6) is 0 Å². The lowest BCUT2D eigenvalue weighted by Crippen LogP contribution is -2.08. The van der Waals surface area contributed by atoms with E-state index < -0.39 is 0 Å². The monoisotopic (exact) mass is 334 g/mol. The zero-order chi connectivity index (χ0) is 17.4. The van der Waals surface area contributed by atoms with E-state index in [4.69, 9.17) is 4.42 Å². The highest BCUT2D eigenvalue weighted by Gasteiger charge is 2.08. The summed E-state index contributed by atoms with van der Waals surface area (Å²) in [5.74, 6) is -0.255. The number of rotatable bonds is 4. The van der Waals surface area contributed by atoms with Gasteiger partial charge in [0, 0.05) is 42.8 Å². The maximum Gasteiger partial charge on any atom is 0.135 e. The summed E-state index contributed by atoms with van der Waals surface area (Å²) in [7, 11) is 4.06. The summed E-state index contributed by atoms with van der Waals surface area (Å²) in [6.45, 7) is 0.726. The van der Waals surface area contributed by atoms with Gasteiger partial charge in [0.05, 0.1) is 0 Å². The van der Waals surface area contributed by atoms with Crippen LogP contribution >= 0.6 is 0 Å². The van der Waals surface area contributed by atoms with Gasteiger partial charge in [-0.25, -0.2) is 4.39 Å². The number of furan rings is 1. The molecule has 4 rings (SSSR count). The maximum absolute atomic E-state index is 13.5. The summed E-state index contributed by atoms with van der Waals surface area (Å²) in [5, 5.41) is 5.14. The van der Waals surface area contributed by atoms with E-state index in [0.717, 1.165) is 28.6 Å². The summed E-state index contributed by atoms with van der Waals surface area (Å²) >= 11 is 0. The molecule has 0 aliphatic heterocycles. The molecule has 0 radical (unpaired) electrons. The molecule has 0 saturated carbocycles. The molecule has 3 aromatic carbocycles. The second-order valence-electron chi connectivity index (χ2n) is 6.37. The van der Waals surface area contributed by atoms with Gasteiger partial charge in [0.1, 0.15) is 17.0 Å². The van der Waals surface area contributed by atoms with Gasteiger partial charge in [0.15, 0.2) is 0 Å². The van der Waals surface area contributed by atoms with Gasteiger partial charge in [-0.05, 0) is 54.1 Å². The van der Waals surface area contributed by atoms with Gasteiger partial charge in [0.25, 0.3) is 0 Å². The van der Waals surface area contributed by atoms with Crippen molar-refractivity contribution in [2.24, 2.45) is 0 Å². The Bertz CT molecular complexity index is 1040. The highest BCUT2D eigenvalue weighted by molar-refractivity contribution is 6.05. The second kappa shape index (κ2) is 6.13. The lowest BCUT2D eigenvalue weighted by molar-refractivity contribution is 0.626. The summed E-state index contributed by atoms with van der Waals surface area (Å²) in [6.07, 6.45) is 0. The van der Waals surface area contributed by atoms with Gasteiger partial charge >= 0.3 is 0 Å². The smallest absolute Gasteiger partial charge is 0.135 e. The lowest BCUT2D eigenvalue weighted by atomic mass is 10.1. The third kappa shape index (κ3) is 3.03. The normalized spacial score (nSPS) is 11.2. The third-order valence-electron chi connectivity index (χ3n) is 4.38. The average molecular weight is 334 g/mol. The minimum Gasteiger partial charge on any atom is -0.456 e. The summed E-state index contributed by atoms with van der Waals surface area (Å²) in [4.78, 5) is 2.08. The number of anilines is 2. The van der Waals surface area contributed by atoms with Crippen LogP contribution in [-0.4, -0.2) is 14.1 Å². The van der Waals surface area contributed by atoms with Crippen LogP contribution in [0.4, 0.5) is 15.8 Å². The summed E-state index contributed by atoms with van der Waals surface area (Å²) < 4.78 is 19.3. The minimum absolute atomic E-state index is 0.255. The van der Waals surface area contributed by atoms with E-state index in [1.807, 2.05) is 32.3 Å². The van der Waals surface area contributed by atoms with E-state index in [-0.39, 0.29) is 5.82 Å². The van der Waals surface area contributed by atoms with Crippen molar-refractivity contribution in [1.82, 2.24) is 0 Å². The molecular formula is C21H19FN2O. The largest absolute Gasteiger partial charge is 0.456 e. The van der Waals surface area contributed by atoms with Crippen LogP contribution in [0, 0.1) is 5.82 Å². The number of hydrogen-bond donors (Lipinski definition) is 1. The van der Waals surface area contributed by atoms with Crippen LogP contribution < -0.4 is 10.2 Å². The Balaban J connectivity index is 1.59. The number of nitrogens with one attached hydrogen (secondary N) is 1. The van der Waals surface area contributed by atoms with Crippen molar-refractivity contribution < 1.29 is 8.81 Å². The number of nitrogens with zero attached hydrogens (tertiary/aromatic N) is 1. The zero-order valence-corrected chi connectivity index (χ0v) is 14.2. The zero-order valence-electron chi connectivity index (χ0n) is 14.2. The van der Waals surface area contributed by atoms with E-state index in [0.29, 0.717) is 5.58 Å². The Hall–Kier alpha value is -3.01. The van der Waals surface area contributed by atoms with Crippen molar-refractivity contribution in [3.05, 3.63) is 72.0 Å². The topological polar surface area (TPSA) is 28.4 Å². The third-order valence-corrected chi connectivity index (χ3v) is 4.38.